The Labute approximate surface area is 197 Å². The number of rotatable bonds is 0. The van der Waals surface area contributed by atoms with E-state index in [1.54, 1.807) is 0 Å². The van der Waals surface area contributed by atoms with E-state index >= 15 is 0 Å². The molecule has 18 N–H and O–H groups in total. The van der Waals surface area contributed by atoms with Gasteiger partial charge < -0.3 is 43.8 Å². The van der Waals surface area contributed by atoms with Gasteiger partial charge in [-0.25, -0.2) is 0 Å². The van der Waals surface area contributed by atoms with Crippen molar-refractivity contribution < 1.29 is 177 Å². The van der Waals surface area contributed by atoms with Crippen LogP contribution in [-0.4, -0.2) is 52.3 Å². The van der Waals surface area contributed by atoms with E-state index in [1.807, 2.05) is 0 Å². The third kappa shape index (κ3) is 1120. The molecule has 0 amide bonds. The molecule has 18 heteroatoms. The summed E-state index contributed by atoms with van der Waals surface area (Å²) in [5.74, 6) is 0. The normalized spacial score (nSPS) is 2.00. The molecule has 0 saturated heterocycles. The molecule has 0 bridgehead atoms. The molecular formula is C3H30Cd2Ni4O12. The van der Waals surface area contributed by atoms with Crippen molar-refractivity contribution >= 4 is 0 Å². The van der Waals surface area contributed by atoms with E-state index in [4.69, 9.17) is 16.3 Å². The first kappa shape index (κ1) is 258. The van der Waals surface area contributed by atoms with E-state index in [2.05, 4.69) is 0 Å². The monoisotopic (exact) mass is 718 g/mol. The van der Waals surface area contributed by atoms with Gasteiger partial charge in [0.1, 0.15) is 0 Å². The van der Waals surface area contributed by atoms with E-state index in [0.29, 0.717) is 0 Å². The summed E-state index contributed by atoms with van der Waals surface area (Å²) >= 11 is -1.25. The fraction of sp³-hybridized carbons (Fsp3) is 1.00. The molecule has 158 valence electrons. The molecule has 0 aromatic heterocycles. The maximum atomic E-state index is 8.42. The molecule has 0 aliphatic heterocycles. The molecule has 0 unspecified atom stereocenters. The van der Waals surface area contributed by atoms with Gasteiger partial charge in [-0.05, 0) is 0 Å². The van der Waals surface area contributed by atoms with E-state index in [1.165, 1.54) is 0 Å². The Hall–Kier alpha value is 3.02. The molecule has 0 aromatic carbocycles. The van der Waals surface area contributed by atoms with Crippen molar-refractivity contribution in [2.45, 2.75) is 22.3 Å². The Bertz CT molecular complexity index is 55.5. The van der Waals surface area contributed by atoms with Crippen LogP contribution in [0.2, 0.25) is 0 Å². The van der Waals surface area contributed by atoms with Crippen LogP contribution in [0.5, 0.6) is 0 Å². The molecule has 0 saturated carbocycles. The summed E-state index contributed by atoms with van der Waals surface area (Å²) in [6.07, 6.45) is 0. The maximum absolute atomic E-state index is 8.42. The van der Waals surface area contributed by atoms with Crippen molar-refractivity contribution in [3.8, 4) is 0 Å². The van der Waals surface area contributed by atoms with Gasteiger partial charge in [0.05, 0.1) is 0 Å². The molecule has 0 aromatic rings. The van der Waals surface area contributed by atoms with Crippen LogP contribution in [0.1, 0.15) is 22.3 Å². The van der Waals surface area contributed by atoms with E-state index in [0.717, 1.165) is 0 Å². The SMILES string of the molecule is C.C.C.O.O.O.O.O.O.O.O.[Cd].[Cd].[Ni].[Ni].[O]=[Ni][OH].[O]=[Ni][OH]. The quantitative estimate of drug-likeness (QED) is 0.231. The van der Waals surface area contributed by atoms with Crippen molar-refractivity contribution in [1.29, 1.82) is 0 Å². The van der Waals surface area contributed by atoms with Crippen LogP contribution in [0.3, 0.4) is 0 Å². The van der Waals surface area contributed by atoms with Gasteiger partial charge >= 0.3 is 45.7 Å². The van der Waals surface area contributed by atoms with Gasteiger partial charge in [0.2, 0.25) is 0 Å². The van der Waals surface area contributed by atoms with Crippen molar-refractivity contribution in [2.24, 2.45) is 0 Å². The van der Waals surface area contributed by atoms with Gasteiger partial charge in [-0.1, -0.05) is 22.3 Å². The Kier molecular flexibility index (Phi) is 5450. The van der Waals surface area contributed by atoms with Gasteiger partial charge in [-0.2, -0.15) is 0 Å². The summed E-state index contributed by atoms with van der Waals surface area (Å²) in [7, 11) is 0. The summed E-state index contributed by atoms with van der Waals surface area (Å²) < 4.78 is 30.8. The van der Waals surface area contributed by atoms with Crippen LogP contribution >= 0.6 is 0 Å². The third-order valence-corrected chi connectivity index (χ3v) is 0. The molecule has 0 aliphatic rings. The van der Waals surface area contributed by atoms with Gasteiger partial charge in [0.25, 0.3) is 0 Å². The molecule has 0 aliphatic carbocycles. The Morgan fingerprint density at radius 1 is 0.476 bits per heavy atom. The first-order valence-electron chi connectivity index (χ1n) is 0.541. The Balaban J connectivity index is -0.000000000593. The zero-order chi connectivity index (χ0) is 5.41. The zero-order valence-electron chi connectivity index (χ0n) is 8.39. The van der Waals surface area contributed by atoms with Crippen molar-refractivity contribution in [3.05, 3.63) is 0 Å². The number of hydrogen-bond donors (Lipinski definition) is 2. The topological polar surface area (TPSA) is 327 Å². The van der Waals surface area contributed by atoms with Crippen molar-refractivity contribution in [2.75, 3.05) is 0 Å². The zero-order valence-corrected chi connectivity index (χ0v) is 20.4. The third-order valence-electron chi connectivity index (χ3n) is 0. The molecule has 0 fully saturated rings. The van der Waals surface area contributed by atoms with Gasteiger partial charge in [0, 0.05) is 87.6 Å². The van der Waals surface area contributed by atoms with Gasteiger partial charge in [-0.15, -0.1) is 0 Å². The van der Waals surface area contributed by atoms with E-state index < -0.39 is 29.4 Å². The second-order valence-corrected chi connectivity index (χ2v) is 0.476. The van der Waals surface area contributed by atoms with Crippen LogP contribution in [0, 0.1) is 0 Å². The summed E-state index contributed by atoms with van der Waals surface area (Å²) in [4.78, 5) is 0. The molecular weight excluding hydrogens is 688 g/mol. The minimum absolute atomic E-state index is 0. The first-order chi connectivity index (χ1) is 2.83. The Morgan fingerprint density at radius 2 is 0.476 bits per heavy atom. The molecule has 0 spiro atoms. The molecule has 0 radical (unpaired) electrons. The number of hydrogen-bond acceptors (Lipinski definition) is 2. The van der Waals surface area contributed by atoms with E-state index in [-0.39, 0.29) is 154 Å². The molecule has 21 heavy (non-hydrogen) atoms. The summed E-state index contributed by atoms with van der Waals surface area (Å²) in [6.45, 7) is 0. The summed E-state index contributed by atoms with van der Waals surface area (Å²) in [5, 5.41) is 0. The van der Waals surface area contributed by atoms with Crippen LogP contribution in [0.4, 0.5) is 0 Å². The minimum atomic E-state index is -0.625. The first-order valence-corrected chi connectivity index (χ1v) is 2.23. The van der Waals surface area contributed by atoms with Crippen molar-refractivity contribution in [1.82, 2.24) is 0 Å². The van der Waals surface area contributed by atoms with Gasteiger partial charge in [0.15, 0.2) is 0 Å². The van der Waals surface area contributed by atoms with Gasteiger partial charge in [-0.3, -0.25) is 0 Å². The van der Waals surface area contributed by atoms with Crippen LogP contribution in [0.15, 0.2) is 0 Å². The molecule has 12 nitrogen and oxygen atoms in total. The molecule has 0 rings (SSSR count). The predicted octanol–water partition coefficient (Wildman–Crippen LogP) is -6.06. The van der Waals surface area contributed by atoms with Crippen molar-refractivity contribution in [3.63, 3.8) is 0 Å². The summed E-state index contributed by atoms with van der Waals surface area (Å²) in [5.41, 5.74) is 0. The second kappa shape index (κ2) is 443. The van der Waals surface area contributed by atoms with Crippen LogP contribution in [-0.2, 0) is 125 Å². The average Bonchev–Trinajstić information content (AvgIpc) is 1.39. The summed E-state index contributed by atoms with van der Waals surface area (Å²) in [6, 6.07) is 0. The fourth-order valence-electron chi connectivity index (χ4n) is 0. The predicted molar refractivity (Wildman–Crippen MR) is 54.9 cm³/mol. The van der Waals surface area contributed by atoms with Crippen LogP contribution < -0.4 is 0 Å². The second-order valence-electron chi connectivity index (χ2n) is 0.115. The molecule has 0 atom stereocenters. The van der Waals surface area contributed by atoms with Crippen LogP contribution in [0.25, 0.3) is 0 Å². The standard InChI is InChI=1S/3CH4.2Cd.4Ni.10H2O.2O/h3*1H4;;;;;;;10*1H2;;/q;;;;;;;2*+1;;;;;;;;;;;;/p-2. The Morgan fingerprint density at radius 3 is 0.476 bits per heavy atom. The average molecular weight is 718 g/mol. The van der Waals surface area contributed by atoms with E-state index in [9.17, 15) is 0 Å². The molecule has 0 heterocycles. The fourth-order valence-corrected chi connectivity index (χ4v) is 0.